The van der Waals surface area contributed by atoms with Crippen LogP contribution in [0.25, 0.3) is 11.4 Å². The zero-order valence-electron chi connectivity index (χ0n) is 19.6. The first kappa shape index (κ1) is 21.2. The zero-order chi connectivity index (χ0) is 22.8. The van der Waals surface area contributed by atoms with Gasteiger partial charge in [-0.2, -0.15) is 5.10 Å². The first-order valence-corrected chi connectivity index (χ1v) is 11.7. The Hall–Kier alpha value is -2.64. The molecule has 0 radical (unpaired) electrons. The number of carbonyl (C=O) groups excluding carboxylic acids is 2. The van der Waals surface area contributed by atoms with Crippen LogP contribution in [0.4, 0.5) is 0 Å². The summed E-state index contributed by atoms with van der Waals surface area (Å²) in [4.78, 5) is 25.4. The lowest BCUT2D eigenvalue weighted by Gasteiger charge is -2.60. The molecule has 2 N–H and O–H groups in total. The van der Waals surface area contributed by atoms with Crippen LogP contribution < -0.4 is 10.6 Å². The monoisotopic (exact) mass is 439 g/mol. The molecule has 4 aliphatic rings. The molecule has 0 aliphatic heterocycles. The van der Waals surface area contributed by atoms with Gasteiger partial charge in [0, 0.05) is 24.6 Å². The molecule has 5 atom stereocenters. The third kappa shape index (κ3) is 3.53. The van der Waals surface area contributed by atoms with E-state index >= 15 is 0 Å². The largest absolute Gasteiger partial charge is 0.361 e. The summed E-state index contributed by atoms with van der Waals surface area (Å²) in [6.07, 6.45) is 6.87. The Morgan fingerprint density at radius 3 is 2.44 bits per heavy atom. The molecule has 2 heterocycles. The molecule has 4 fully saturated rings. The summed E-state index contributed by atoms with van der Waals surface area (Å²) in [6, 6.07) is 1.97. The van der Waals surface area contributed by atoms with Gasteiger partial charge < -0.3 is 15.2 Å². The fourth-order valence-corrected chi connectivity index (χ4v) is 6.76. The van der Waals surface area contributed by atoms with Crippen molar-refractivity contribution in [3.05, 3.63) is 23.6 Å². The predicted molar refractivity (Wildman–Crippen MR) is 119 cm³/mol. The normalized spacial score (nSPS) is 31.0. The van der Waals surface area contributed by atoms with Crippen LogP contribution in [-0.2, 0) is 10.3 Å². The maximum Gasteiger partial charge on any atom is 0.255 e. The van der Waals surface area contributed by atoms with Crippen molar-refractivity contribution in [2.24, 2.45) is 17.8 Å². The Morgan fingerprint density at radius 2 is 1.88 bits per heavy atom. The molecule has 172 valence electrons. The molecule has 8 heteroatoms. The molecule has 32 heavy (non-hydrogen) atoms. The van der Waals surface area contributed by atoms with Crippen molar-refractivity contribution < 1.29 is 14.1 Å². The van der Waals surface area contributed by atoms with Crippen molar-refractivity contribution in [3.63, 3.8) is 0 Å². The Morgan fingerprint density at radius 1 is 1.19 bits per heavy atom. The first-order chi connectivity index (χ1) is 15.0. The van der Waals surface area contributed by atoms with Gasteiger partial charge in [-0.05, 0) is 77.6 Å². The molecule has 2 aromatic rings. The molecule has 0 spiro atoms. The van der Waals surface area contributed by atoms with Gasteiger partial charge >= 0.3 is 0 Å². The van der Waals surface area contributed by atoms with Crippen LogP contribution in [-0.4, -0.2) is 38.3 Å². The van der Waals surface area contributed by atoms with Crippen molar-refractivity contribution >= 4 is 11.8 Å². The molecule has 4 saturated carbocycles. The Labute approximate surface area is 188 Å². The zero-order valence-corrected chi connectivity index (χ0v) is 19.6. The van der Waals surface area contributed by atoms with E-state index in [1.54, 1.807) is 13.1 Å². The third-order valence-electron chi connectivity index (χ3n) is 7.53. The number of hydrogen-bond acceptors (Lipinski definition) is 5. The minimum atomic E-state index is -0.311. The second-order valence-corrected chi connectivity index (χ2v) is 11.2. The topological polar surface area (TPSA) is 102 Å². The summed E-state index contributed by atoms with van der Waals surface area (Å²) in [5, 5.41) is 15.4. The second-order valence-electron chi connectivity index (χ2n) is 11.2. The van der Waals surface area contributed by atoms with Crippen molar-refractivity contribution in [2.45, 2.75) is 83.8 Å². The molecular weight excluding hydrogens is 406 g/mol. The van der Waals surface area contributed by atoms with Gasteiger partial charge in [0.15, 0.2) is 0 Å². The van der Waals surface area contributed by atoms with E-state index in [2.05, 4.69) is 41.7 Å². The molecule has 0 aromatic carbocycles. The Kier molecular flexibility index (Phi) is 4.76. The van der Waals surface area contributed by atoms with Crippen molar-refractivity contribution in [3.8, 4) is 11.4 Å². The molecule has 2 aromatic heterocycles. The lowest BCUT2D eigenvalue weighted by Crippen LogP contribution is -2.66. The van der Waals surface area contributed by atoms with Gasteiger partial charge in [0.05, 0.1) is 17.3 Å². The molecule has 3 unspecified atom stereocenters. The summed E-state index contributed by atoms with van der Waals surface area (Å²) >= 11 is 0. The van der Waals surface area contributed by atoms with E-state index in [0.717, 1.165) is 32.1 Å². The van der Waals surface area contributed by atoms with Crippen LogP contribution in [0, 0.1) is 24.7 Å². The van der Waals surface area contributed by atoms with Crippen LogP contribution in [0.2, 0.25) is 0 Å². The molecular formula is C24H33N5O3. The summed E-state index contributed by atoms with van der Waals surface area (Å²) in [6.45, 7) is 9.61. The van der Waals surface area contributed by atoms with Gasteiger partial charge in [-0.25, -0.2) is 0 Å². The van der Waals surface area contributed by atoms with E-state index in [1.165, 1.54) is 0 Å². The molecule has 6 rings (SSSR count). The van der Waals surface area contributed by atoms with Crippen LogP contribution in [0.3, 0.4) is 0 Å². The van der Waals surface area contributed by atoms with Crippen molar-refractivity contribution in [1.82, 2.24) is 25.6 Å². The molecule has 4 bridgehead atoms. The highest BCUT2D eigenvalue weighted by Crippen LogP contribution is 2.55. The number of rotatable bonds is 4. The summed E-state index contributed by atoms with van der Waals surface area (Å²) in [7, 11) is 0. The van der Waals surface area contributed by atoms with Crippen molar-refractivity contribution in [1.29, 1.82) is 0 Å². The van der Waals surface area contributed by atoms with E-state index < -0.39 is 0 Å². The number of aromatic nitrogens is 3. The highest BCUT2D eigenvalue weighted by Gasteiger charge is 2.56. The van der Waals surface area contributed by atoms with E-state index in [4.69, 9.17) is 4.52 Å². The van der Waals surface area contributed by atoms with Gasteiger partial charge in [0.25, 0.3) is 5.91 Å². The first-order valence-electron chi connectivity index (χ1n) is 11.7. The summed E-state index contributed by atoms with van der Waals surface area (Å²) in [5.41, 5.74) is 1.44. The number of nitrogens with one attached hydrogen (secondary N) is 2. The number of aryl methyl sites for hydroxylation is 1. The summed E-state index contributed by atoms with van der Waals surface area (Å²) in [5.74, 6) is 2.07. The lowest BCUT2D eigenvalue weighted by molar-refractivity contribution is -0.125. The maximum atomic E-state index is 13.5. The molecule has 0 saturated heterocycles. The highest BCUT2D eigenvalue weighted by molar-refractivity contribution is 5.99. The Balaban J connectivity index is 1.42. The molecule has 2 amide bonds. The minimum Gasteiger partial charge on any atom is -0.361 e. The number of nitrogens with zero attached hydrogens (tertiary/aromatic N) is 3. The molecule has 8 nitrogen and oxygen atoms in total. The van der Waals surface area contributed by atoms with E-state index in [9.17, 15) is 9.59 Å². The van der Waals surface area contributed by atoms with Gasteiger partial charge in [-0.3, -0.25) is 14.3 Å². The average molecular weight is 440 g/mol. The van der Waals surface area contributed by atoms with E-state index in [-0.39, 0.29) is 28.9 Å². The SMILES string of the molecule is CC(=O)NC12CC3C[C@H](C1)C(NC(=O)c1cnn(C(C)(C)C)c1-c1cc(C)on1)[C@@H](C3)C2. The van der Waals surface area contributed by atoms with Crippen molar-refractivity contribution in [2.75, 3.05) is 0 Å². The van der Waals surface area contributed by atoms with Gasteiger partial charge in [-0.15, -0.1) is 0 Å². The number of hydrogen-bond donors (Lipinski definition) is 2. The van der Waals surface area contributed by atoms with Crippen LogP contribution in [0.1, 0.15) is 75.9 Å². The number of amides is 2. The second kappa shape index (κ2) is 7.18. The number of carbonyl (C=O) groups is 2. The fraction of sp³-hybridized carbons (Fsp3) is 0.667. The highest BCUT2D eigenvalue weighted by atomic mass is 16.5. The lowest BCUT2D eigenvalue weighted by atomic mass is 9.51. The fourth-order valence-electron chi connectivity index (χ4n) is 6.76. The third-order valence-corrected chi connectivity index (χ3v) is 7.53. The van der Waals surface area contributed by atoms with E-state index in [0.29, 0.717) is 40.5 Å². The standard InChI is InChI=1S/C24H33N5O3/c1-13-6-19(28-32-13)21-18(12-25-29(21)23(3,4)5)22(31)26-20-16-7-15-8-17(20)11-24(9-15,10-16)27-14(2)30/h6,12,15-17,20H,7-11H2,1-5H3,(H,26,31)(H,27,30)/t15?,16-,17+,20?,24?. The maximum absolute atomic E-state index is 13.5. The van der Waals surface area contributed by atoms with Gasteiger partial charge in [0.1, 0.15) is 17.1 Å². The van der Waals surface area contributed by atoms with Gasteiger partial charge in [0.2, 0.25) is 5.91 Å². The van der Waals surface area contributed by atoms with Crippen LogP contribution >= 0.6 is 0 Å². The summed E-state index contributed by atoms with van der Waals surface area (Å²) < 4.78 is 7.15. The average Bonchev–Trinajstić information content (AvgIpc) is 3.28. The van der Waals surface area contributed by atoms with E-state index in [1.807, 2.05) is 17.7 Å². The smallest absolute Gasteiger partial charge is 0.255 e. The minimum absolute atomic E-state index is 0.0506. The molecule has 4 aliphatic carbocycles. The van der Waals surface area contributed by atoms with Gasteiger partial charge in [-0.1, -0.05) is 5.16 Å². The Bertz CT molecular complexity index is 1050. The van der Waals surface area contributed by atoms with Crippen LogP contribution in [0.15, 0.2) is 16.8 Å². The quantitative estimate of drug-likeness (QED) is 0.760. The van der Waals surface area contributed by atoms with Crippen LogP contribution in [0.5, 0.6) is 0 Å². The predicted octanol–water partition coefficient (Wildman–Crippen LogP) is 3.41.